The molecule has 0 fully saturated rings. The Labute approximate surface area is 162 Å². The van der Waals surface area contributed by atoms with E-state index in [4.69, 9.17) is 11.3 Å². The first kappa shape index (κ1) is 20.5. The van der Waals surface area contributed by atoms with Crippen molar-refractivity contribution in [3.05, 3.63) is 59.8 Å². The standard InChI is InChI=1S/C20H20N4O4/c1-3-4-13-24(20(26)27)17-12-8-11-16(22-17)14-28-23-18(19(25)21-2)15-9-6-5-7-10-15/h1,5-12H,4,13-14H2,2H3,(H,21,25)(H,26,27)/b23-18-. The number of oxime groups is 1. The number of aromatic nitrogens is 1. The van der Waals surface area contributed by atoms with Gasteiger partial charge in [0.2, 0.25) is 0 Å². The van der Waals surface area contributed by atoms with E-state index in [0.29, 0.717) is 11.3 Å². The second-order valence-corrected chi connectivity index (χ2v) is 5.53. The molecule has 8 nitrogen and oxygen atoms in total. The molecular formula is C20H20N4O4. The topological polar surface area (TPSA) is 104 Å². The predicted molar refractivity (Wildman–Crippen MR) is 105 cm³/mol. The van der Waals surface area contributed by atoms with E-state index < -0.39 is 6.09 Å². The van der Waals surface area contributed by atoms with Gasteiger partial charge >= 0.3 is 6.09 Å². The SMILES string of the molecule is C#CCCN(C(=O)O)c1cccc(CO/N=C(\C(=O)NC)c2ccccc2)n1. The molecule has 0 aliphatic carbocycles. The van der Waals surface area contributed by atoms with Crippen LogP contribution in [0.25, 0.3) is 0 Å². The largest absolute Gasteiger partial charge is 0.465 e. The van der Waals surface area contributed by atoms with Crippen LogP contribution in [0.15, 0.2) is 53.7 Å². The normalized spacial score (nSPS) is 10.6. The maximum atomic E-state index is 12.0. The molecule has 2 amide bonds. The zero-order valence-electron chi connectivity index (χ0n) is 15.3. The lowest BCUT2D eigenvalue weighted by Crippen LogP contribution is -2.31. The van der Waals surface area contributed by atoms with Crippen LogP contribution in [0, 0.1) is 12.3 Å². The lowest BCUT2D eigenvalue weighted by molar-refractivity contribution is -0.114. The van der Waals surface area contributed by atoms with Gasteiger partial charge in [0.15, 0.2) is 12.3 Å². The van der Waals surface area contributed by atoms with Gasteiger partial charge in [0.25, 0.3) is 5.91 Å². The fourth-order valence-corrected chi connectivity index (χ4v) is 2.28. The summed E-state index contributed by atoms with van der Waals surface area (Å²) in [4.78, 5) is 34.1. The number of anilines is 1. The van der Waals surface area contributed by atoms with E-state index in [1.165, 1.54) is 7.05 Å². The lowest BCUT2D eigenvalue weighted by Gasteiger charge is -2.17. The Balaban J connectivity index is 2.15. The number of carbonyl (C=O) groups is 2. The number of likely N-dealkylation sites (N-methyl/N-ethyl adjacent to an activating group) is 1. The van der Waals surface area contributed by atoms with Crippen molar-refractivity contribution in [3.8, 4) is 12.3 Å². The zero-order valence-corrected chi connectivity index (χ0v) is 15.3. The summed E-state index contributed by atoms with van der Waals surface area (Å²) in [7, 11) is 1.50. The lowest BCUT2D eigenvalue weighted by atomic mass is 10.1. The highest BCUT2D eigenvalue weighted by Gasteiger charge is 2.16. The molecule has 144 valence electrons. The van der Waals surface area contributed by atoms with Crippen LogP contribution < -0.4 is 10.2 Å². The van der Waals surface area contributed by atoms with Crippen LogP contribution in [-0.4, -0.2) is 41.4 Å². The molecule has 0 saturated heterocycles. The molecule has 2 aromatic rings. The van der Waals surface area contributed by atoms with Gasteiger partial charge in [-0.2, -0.15) is 0 Å². The number of benzene rings is 1. The first-order valence-electron chi connectivity index (χ1n) is 8.44. The fraction of sp³-hybridized carbons (Fsp3) is 0.200. The molecule has 2 rings (SSSR count). The molecule has 0 radical (unpaired) electrons. The van der Waals surface area contributed by atoms with Gasteiger partial charge in [-0.05, 0) is 12.1 Å². The molecule has 0 atom stereocenters. The molecule has 1 aromatic carbocycles. The van der Waals surface area contributed by atoms with Crippen molar-refractivity contribution >= 4 is 23.5 Å². The molecular weight excluding hydrogens is 360 g/mol. The van der Waals surface area contributed by atoms with E-state index in [0.717, 1.165) is 4.90 Å². The number of pyridine rings is 1. The Morgan fingerprint density at radius 1 is 1.25 bits per heavy atom. The van der Waals surface area contributed by atoms with Crippen LogP contribution >= 0.6 is 0 Å². The molecule has 1 heterocycles. The number of nitrogens with one attached hydrogen (secondary N) is 1. The van der Waals surface area contributed by atoms with Crippen molar-refractivity contribution in [1.29, 1.82) is 0 Å². The molecule has 1 aromatic heterocycles. The number of terminal acetylenes is 1. The van der Waals surface area contributed by atoms with Crippen molar-refractivity contribution in [2.45, 2.75) is 13.0 Å². The van der Waals surface area contributed by atoms with Crippen LogP contribution in [0.1, 0.15) is 17.7 Å². The Kier molecular flexibility index (Phi) is 7.54. The second-order valence-electron chi connectivity index (χ2n) is 5.53. The molecule has 0 spiro atoms. The van der Waals surface area contributed by atoms with E-state index >= 15 is 0 Å². The summed E-state index contributed by atoms with van der Waals surface area (Å²) < 4.78 is 0. The molecule has 28 heavy (non-hydrogen) atoms. The van der Waals surface area contributed by atoms with E-state index in [1.807, 2.05) is 6.07 Å². The van der Waals surface area contributed by atoms with Gasteiger partial charge in [0.05, 0.1) is 5.69 Å². The van der Waals surface area contributed by atoms with Crippen molar-refractivity contribution in [1.82, 2.24) is 10.3 Å². The Morgan fingerprint density at radius 3 is 2.64 bits per heavy atom. The average Bonchev–Trinajstić information content (AvgIpc) is 2.72. The predicted octanol–water partition coefficient (Wildman–Crippen LogP) is 2.26. The van der Waals surface area contributed by atoms with Gasteiger partial charge in [0.1, 0.15) is 5.82 Å². The molecule has 0 bridgehead atoms. The van der Waals surface area contributed by atoms with Gasteiger partial charge in [-0.15, -0.1) is 12.3 Å². The summed E-state index contributed by atoms with van der Waals surface area (Å²) in [5.41, 5.74) is 1.19. The first-order chi connectivity index (χ1) is 13.6. The molecule has 0 unspecified atom stereocenters. The highest BCUT2D eigenvalue weighted by atomic mass is 16.6. The van der Waals surface area contributed by atoms with Gasteiger partial charge in [-0.25, -0.2) is 9.78 Å². The summed E-state index contributed by atoms with van der Waals surface area (Å²) >= 11 is 0. The van der Waals surface area contributed by atoms with Crippen LogP contribution in [0.3, 0.4) is 0 Å². The van der Waals surface area contributed by atoms with E-state index in [1.54, 1.807) is 42.5 Å². The second kappa shape index (κ2) is 10.3. The number of carbonyl (C=O) groups excluding carboxylic acids is 1. The maximum Gasteiger partial charge on any atom is 0.413 e. The number of rotatable bonds is 8. The Morgan fingerprint density at radius 2 is 2.00 bits per heavy atom. The van der Waals surface area contributed by atoms with Crippen LogP contribution in [0.2, 0.25) is 0 Å². The minimum atomic E-state index is -1.15. The van der Waals surface area contributed by atoms with Crippen molar-refractivity contribution in [2.24, 2.45) is 5.16 Å². The van der Waals surface area contributed by atoms with E-state index in [-0.39, 0.29) is 37.0 Å². The molecule has 8 heteroatoms. The summed E-state index contributed by atoms with van der Waals surface area (Å²) in [5.74, 6) is 2.25. The van der Waals surface area contributed by atoms with Crippen molar-refractivity contribution < 1.29 is 19.5 Å². The third-order valence-electron chi connectivity index (χ3n) is 3.64. The summed E-state index contributed by atoms with van der Waals surface area (Å²) in [6.45, 7) is 0.0971. The van der Waals surface area contributed by atoms with Crippen LogP contribution in [0.5, 0.6) is 0 Å². The van der Waals surface area contributed by atoms with E-state index in [9.17, 15) is 14.7 Å². The van der Waals surface area contributed by atoms with Gasteiger partial charge < -0.3 is 15.3 Å². The molecule has 0 saturated carbocycles. The third kappa shape index (κ3) is 5.57. The average molecular weight is 380 g/mol. The first-order valence-corrected chi connectivity index (χ1v) is 8.44. The van der Waals surface area contributed by atoms with Crippen molar-refractivity contribution in [2.75, 3.05) is 18.5 Å². The monoisotopic (exact) mass is 380 g/mol. The smallest absolute Gasteiger partial charge is 0.413 e. The van der Waals surface area contributed by atoms with E-state index in [2.05, 4.69) is 21.4 Å². The van der Waals surface area contributed by atoms with Gasteiger partial charge in [0, 0.05) is 25.6 Å². The fourth-order valence-electron chi connectivity index (χ4n) is 2.28. The number of hydrogen-bond acceptors (Lipinski definition) is 5. The highest BCUT2D eigenvalue weighted by molar-refractivity contribution is 6.45. The Hall–Kier alpha value is -3.86. The number of amides is 2. The molecule has 0 aliphatic rings. The summed E-state index contributed by atoms with van der Waals surface area (Å²) in [6.07, 6.45) is 4.33. The zero-order chi connectivity index (χ0) is 20.4. The third-order valence-corrected chi connectivity index (χ3v) is 3.64. The van der Waals surface area contributed by atoms with Gasteiger partial charge in [-0.1, -0.05) is 41.6 Å². The van der Waals surface area contributed by atoms with Crippen LogP contribution in [0.4, 0.5) is 10.6 Å². The minimum Gasteiger partial charge on any atom is -0.465 e. The number of hydrogen-bond donors (Lipinski definition) is 2. The van der Waals surface area contributed by atoms with Crippen molar-refractivity contribution in [3.63, 3.8) is 0 Å². The number of nitrogens with zero attached hydrogens (tertiary/aromatic N) is 3. The van der Waals surface area contributed by atoms with Gasteiger partial charge in [-0.3, -0.25) is 9.69 Å². The maximum absolute atomic E-state index is 12.0. The molecule has 2 N–H and O–H groups in total. The molecule has 0 aliphatic heterocycles. The summed E-state index contributed by atoms with van der Waals surface area (Å²) in [6, 6.07) is 13.8. The highest BCUT2D eigenvalue weighted by Crippen LogP contribution is 2.13. The number of carboxylic acid groups (broad SMARTS) is 1. The van der Waals surface area contributed by atoms with Crippen LogP contribution in [-0.2, 0) is 16.2 Å². The Bertz CT molecular complexity index is 891. The quantitative estimate of drug-likeness (QED) is 0.415. The summed E-state index contributed by atoms with van der Waals surface area (Å²) in [5, 5.41) is 15.8. The minimum absolute atomic E-state index is 0.0379.